The molecule has 0 fully saturated rings. The Hall–Kier alpha value is -2.10. The Kier molecular flexibility index (Phi) is 2.63. The summed E-state index contributed by atoms with van der Waals surface area (Å²) in [7, 11) is 0. The van der Waals surface area contributed by atoms with Crippen LogP contribution in [-0.4, -0.2) is 9.97 Å². The van der Waals surface area contributed by atoms with Crippen molar-refractivity contribution in [2.75, 3.05) is 5.32 Å². The van der Waals surface area contributed by atoms with E-state index in [0.717, 1.165) is 36.2 Å². The summed E-state index contributed by atoms with van der Waals surface area (Å²) >= 11 is 0. The third-order valence-corrected chi connectivity index (χ3v) is 3.26. The molecule has 0 saturated carbocycles. The van der Waals surface area contributed by atoms with E-state index in [1.807, 2.05) is 31.2 Å². The average molecular weight is 241 g/mol. The van der Waals surface area contributed by atoms with E-state index in [2.05, 4.69) is 15.3 Å². The van der Waals surface area contributed by atoms with E-state index in [9.17, 15) is 4.79 Å². The highest BCUT2D eigenvalue weighted by molar-refractivity contribution is 5.53. The minimum absolute atomic E-state index is 0.00730. The van der Waals surface area contributed by atoms with Gasteiger partial charge in [-0.3, -0.25) is 9.78 Å². The predicted molar refractivity (Wildman–Crippen MR) is 71.3 cm³/mol. The smallest absolute Gasteiger partial charge is 0.255 e. The van der Waals surface area contributed by atoms with Crippen molar-refractivity contribution in [2.45, 2.75) is 26.2 Å². The average Bonchev–Trinajstić information content (AvgIpc) is 2.81. The molecule has 1 aliphatic carbocycles. The fourth-order valence-corrected chi connectivity index (χ4v) is 2.27. The largest absolute Gasteiger partial charge is 0.326 e. The van der Waals surface area contributed by atoms with Crippen LogP contribution in [0.3, 0.4) is 0 Å². The summed E-state index contributed by atoms with van der Waals surface area (Å²) in [5, 5.41) is 3.14. The van der Waals surface area contributed by atoms with E-state index in [1.165, 1.54) is 5.56 Å². The van der Waals surface area contributed by atoms with E-state index in [0.29, 0.717) is 5.95 Å². The second-order valence-corrected chi connectivity index (χ2v) is 4.68. The van der Waals surface area contributed by atoms with Crippen LogP contribution in [0.1, 0.15) is 23.2 Å². The van der Waals surface area contributed by atoms with Gasteiger partial charge in [-0.2, -0.15) is 0 Å². The van der Waals surface area contributed by atoms with Gasteiger partial charge in [0.1, 0.15) is 0 Å². The molecule has 0 unspecified atom stereocenters. The lowest BCUT2D eigenvalue weighted by Gasteiger charge is -2.07. The van der Waals surface area contributed by atoms with Gasteiger partial charge in [-0.05, 0) is 38.3 Å². The lowest BCUT2D eigenvalue weighted by atomic mass is 10.2. The second-order valence-electron chi connectivity index (χ2n) is 4.68. The van der Waals surface area contributed by atoms with Crippen LogP contribution >= 0.6 is 0 Å². The maximum absolute atomic E-state index is 11.8. The molecule has 0 radical (unpaired) electrons. The molecule has 18 heavy (non-hydrogen) atoms. The van der Waals surface area contributed by atoms with Crippen LogP contribution in [0.25, 0.3) is 0 Å². The molecule has 1 aromatic heterocycles. The van der Waals surface area contributed by atoms with Gasteiger partial charge in [-0.1, -0.05) is 17.7 Å². The number of nitrogens with one attached hydrogen (secondary N) is 2. The SMILES string of the molecule is Cc1ccc(Nc2nc3c(c(=O)[nH]2)CCC3)cc1. The van der Waals surface area contributed by atoms with E-state index < -0.39 is 0 Å². The Morgan fingerprint density at radius 3 is 2.78 bits per heavy atom. The Morgan fingerprint density at radius 1 is 1.22 bits per heavy atom. The van der Waals surface area contributed by atoms with Crippen molar-refractivity contribution in [3.63, 3.8) is 0 Å². The van der Waals surface area contributed by atoms with Gasteiger partial charge in [-0.15, -0.1) is 0 Å². The molecular weight excluding hydrogens is 226 g/mol. The standard InChI is InChI=1S/C14H15N3O/c1-9-5-7-10(8-6-9)15-14-16-12-4-2-3-11(12)13(18)17-14/h5-8H,2-4H2,1H3,(H2,15,16,17,18). The number of anilines is 2. The second kappa shape index (κ2) is 4.29. The lowest BCUT2D eigenvalue weighted by Crippen LogP contribution is -2.16. The molecule has 0 saturated heterocycles. The zero-order chi connectivity index (χ0) is 12.5. The maximum atomic E-state index is 11.8. The Bertz CT molecular complexity index is 628. The minimum Gasteiger partial charge on any atom is -0.326 e. The quantitative estimate of drug-likeness (QED) is 0.848. The fourth-order valence-electron chi connectivity index (χ4n) is 2.27. The zero-order valence-corrected chi connectivity index (χ0v) is 10.3. The normalized spacial score (nSPS) is 13.4. The number of fused-ring (bicyclic) bond motifs is 1. The number of aromatic amines is 1. The molecule has 2 N–H and O–H groups in total. The van der Waals surface area contributed by atoms with Gasteiger partial charge < -0.3 is 5.32 Å². The number of hydrogen-bond acceptors (Lipinski definition) is 3. The van der Waals surface area contributed by atoms with Crippen LogP contribution in [0.2, 0.25) is 0 Å². The van der Waals surface area contributed by atoms with Gasteiger partial charge in [0, 0.05) is 11.3 Å². The van der Waals surface area contributed by atoms with E-state index in [1.54, 1.807) is 0 Å². The molecule has 92 valence electrons. The van der Waals surface area contributed by atoms with Gasteiger partial charge in [0.15, 0.2) is 0 Å². The fraction of sp³-hybridized carbons (Fsp3) is 0.286. The van der Waals surface area contributed by atoms with Crippen LogP contribution in [-0.2, 0) is 12.8 Å². The number of H-pyrrole nitrogens is 1. The van der Waals surface area contributed by atoms with Crippen molar-refractivity contribution in [3.05, 3.63) is 51.4 Å². The molecule has 1 aliphatic rings. The number of benzene rings is 1. The highest BCUT2D eigenvalue weighted by atomic mass is 16.1. The molecule has 1 heterocycles. The van der Waals surface area contributed by atoms with Gasteiger partial charge in [0.25, 0.3) is 5.56 Å². The van der Waals surface area contributed by atoms with Crippen molar-refractivity contribution in [3.8, 4) is 0 Å². The van der Waals surface area contributed by atoms with Crippen LogP contribution in [0.4, 0.5) is 11.6 Å². The summed E-state index contributed by atoms with van der Waals surface area (Å²) in [6.07, 6.45) is 2.78. The van der Waals surface area contributed by atoms with E-state index in [-0.39, 0.29) is 5.56 Å². The monoisotopic (exact) mass is 241 g/mol. The molecule has 0 aliphatic heterocycles. The number of aryl methyl sites for hydroxylation is 2. The van der Waals surface area contributed by atoms with Crippen molar-refractivity contribution < 1.29 is 0 Å². The van der Waals surface area contributed by atoms with Crippen molar-refractivity contribution in [2.24, 2.45) is 0 Å². The molecular formula is C14H15N3O. The summed E-state index contributed by atoms with van der Waals surface area (Å²) in [5.41, 5.74) is 3.92. The predicted octanol–water partition coefficient (Wildman–Crippen LogP) is 2.31. The van der Waals surface area contributed by atoms with Gasteiger partial charge in [0.05, 0.1) is 5.69 Å². The summed E-state index contributed by atoms with van der Waals surface area (Å²) < 4.78 is 0. The first-order valence-electron chi connectivity index (χ1n) is 6.18. The van der Waals surface area contributed by atoms with Gasteiger partial charge >= 0.3 is 0 Å². The third-order valence-electron chi connectivity index (χ3n) is 3.26. The number of hydrogen-bond donors (Lipinski definition) is 2. The van der Waals surface area contributed by atoms with Crippen LogP contribution in [0, 0.1) is 6.92 Å². The molecule has 4 heteroatoms. The van der Waals surface area contributed by atoms with Crippen LogP contribution in [0.5, 0.6) is 0 Å². The van der Waals surface area contributed by atoms with E-state index in [4.69, 9.17) is 0 Å². The maximum Gasteiger partial charge on any atom is 0.255 e. The number of rotatable bonds is 2. The first-order chi connectivity index (χ1) is 8.72. The number of aromatic nitrogens is 2. The van der Waals surface area contributed by atoms with E-state index >= 15 is 0 Å². The van der Waals surface area contributed by atoms with Gasteiger partial charge in [-0.25, -0.2) is 4.98 Å². The zero-order valence-electron chi connectivity index (χ0n) is 10.3. The lowest BCUT2D eigenvalue weighted by molar-refractivity contribution is 0.899. The third kappa shape index (κ3) is 2.01. The minimum atomic E-state index is -0.00730. The molecule has 3 rings (SSSR count). The topological polar surface area (TPSA) is 57.8 Å². The summed E-state index contributed by atoms with van der Waals surface area (Å²) in [6.45, 7) is 2.04. The first kappa shape index (κ1) is 11.0. The Balaban J connectivity index is 1.92. The first-order valence-corrected chi connectivity index (χ1v) is 6.18. The van der Waals surface area contributed by atoms with Gasteiger partial charge in [0.2, 0.25) is 5.95 Å². The molecule has 4 nitrogen and oxygen atoms in total. The highest BCUT2D eigenvalue weighted by Crippen LogP contribution is 2.18. The summed E-state index contributed by atoms with van der Waals surface area (Å²) in [6, 6.07) is 7.99. The molecule has 0 bridgehead atoms. The van der Waals surface area contributed by atoms with Crippen LogP contribution < -0.4 is 10.9 Å². The molecule has 0 amide bonds. The molecule has 1 aromatic carbocycles. The Morgan fingerprint density at radius 2 is 2.00 bits per heavy atom. The molecule has 0 atom stereocenters. The van der Waals surface area contributed by atoms with Crippen LogP contribution in [0.15, 0.2) is 29.1 Å². The molecule has 0 spiro atoms. The van der Waals surface area contributed by atoms with Crippen molar-refractivity contribution in [1.82, 2.24) is 9.97 Å². The van der Waals surface area contributed by atoms with Crippen molar-refractivity contribution in [1.29, 1.82) is 0 Å². The number of nitrogens with zero attached hydrogens (tertiary/aromatic N) is 1. The summed E-state index contributed by atoms with van der Waals surface area (Å²) in [5.74, 6) is 0.532. The Labute approximate surface area is 105 Å². The van der Waals surface area contributed by atoms with Crippen molar-refractivity contribution >= 4 is 11.6 Å². The highest BCUT2D eigenvalue weighted by Gasteiger charge is 2.16. The summed E-state index contributed by atoms with van der Waals surface area (Å²) in [4.78, 5) is 19.1. The molecule has 2 aromatic rings.